The topological polar surface area (TPSA) is 98.4 Å². The number of ether oxygens (including phenoxy) is 3. The Labute approximate surface area is 265 Å². The summed E-state index contributed by atoms with van der Waals surface area (Å²) in [6, 6.07) is 15.5. The monoisotopic (exact) mass is 612 g/mol. The molecule has 1 aliphatic rings. The lowest BCUT2D eigenvalue weighted by atomic mass is 9.92. The molecule has 0 saturated carbocycles. The number of esters is 1. The molecule has 1 N–H and O–H groups in total. The molecule has 9 nitrogen and oxygen atoms in total. The first kappa shape index (κ1) is 32.2. The van der Waals surface area contributed by atoms with E-state index in [1.807, 2.05) is 81.6 Å². The Morgan fingerprint density at radius 1 is 1.11 bits per heavy atom. The van der Waals surface area contributed by atoms with Gasteiger partial charge in [0.05, 0.1) is 36.2 Å². The number of carbonyl (C=O) groups is 1. The predicted octanol–water partition coefficient (Wildman–Crippen LogP) is 6.98. The molecule has 1 fully saturated rings. The third-order valence-electron chi connectivity index (χ3n) is 8.24. The minimum absolute atomic E-state index is 0.221. The number of fused-ring (bicyclic) bond motifs is 1. The van der Waals surface area contributed by atoms with Crippen molar-refractivity contribution < 1.29 is 24.1 Å². The van der Waals surface area contributed by atoms with Gasteiger partial charge in [-0.3, -0.25) is 0 Å². The number of phenols is 1. The number of aryl methyl sites for hydroxylation is 2. The first-order valence-electron chi connectivity index (χ1n) is 15.4. The van der Waals surface area contributed by atoms with Crippen molar-refractivity contribution in [2.45, 2.75) is 71.7 Å². The molecule has 3 heterocycles. The highest BCUT2D eigenvalue weighted by Gasteiger charge is 2.38. The van der Waals surface area contributed by atoms with E-state index in [0.717, 1.165) is 46.6 Å². The number of aromatic nitrogens is 3. The van der Waals surface area contributed by atoms with Crippen LogP contribution in [0.5, 0.6) is 5.75 Å². The van der Waals surface area contributed by atoms with Gasteiger partial charge >= 0.3 is 5.97 Å². The second-order valence-electron chi connectivity index (χ2n) is 13.0. The largest absolute Gasteiger partial charge is 0.507 e. The maximum absolute atomic E-state index is 13.3. The molecule has 1 aliphatic heterocycles. The van der Waals surface area contributed by atoms with Crippen molar-refractivity contribution >= 4 is 17.4 Å². The molecular weight excluding hydrogens is 568 g/mol. The molecule has 2 aromatic carbocycles. The SMILES string of the molecule is C=CCOC1(C)CCN(c2c([C@H](OC(C)(C)C)C(=O)OC)c(C)nc3cc(-c4cccc(-c5cc(C)ccc5O)c4)nn23)CC1. The number of nitrogens with zero attached hydrogens (tertiary/aromatic N) is 4. The van der Waals surface area contributed by atoms with E-state index < -0.39 is 17.7 Å². The molecule has 0 aliphatic carbocycles. The van der Waals surface area contributed by atoms with Crippen LogP contribution < -0.4 is 4.90 Å². The van der Waals surface area contributed by atoms with Crippen molar-refractivity contribution in [3.63, 3.8) is 0 Å². The van der Waals surface area contributed by atoms with Crippen LogP contribution in [0.3, 0.4) is 0 Å². The third-order valence-corrected chi connectivity index (χ3v) is 8.24. The third kappa shape index (κ3) is 6.89. The van der Waals surface area contributed by atoms with Gasteiger partial charge in [-0.25, -0.2) is 9.78 Å². The van der Waals surface area contributed by atoms with Gasteiger partial charge in [-0.05, 0) is 78.1 Å². The molecule has 0 bridgehead atoms. The van der Waals surface area contributed by atoms with Crippen molar-refractivity contribution in [2.75, 3.05) is 31.7 Å². The Morgan fingerprint density at radius 3 is 2.49 bits per heavy atom. The van der Waals surface area contributed by atoms with Crippen LogP contribution >= 0.6 is 0 Å². The van der Waals surface area contributed by atoms with Gasteiger partial charge in [0, 0.05) is 36.0 Å². The summed E-state index contributed by atoms with van der Waals surface area (Å²) in [7, 11) is 1.37. The van der Waals surface area contributed by atoms with E-state index in [9.17, 15) is 9.90 Å². The molecular formula is C36H44N4O5. The fourth-order valence-corrected chi connectivity index (χ4v) is 5.88. The lowest BCUT2D eigenvalue weighted by Crippen LogP contribution is -2.45. The summed E-state index contributed by atoms with van der Waals surface area (Å²) in [6.45, 7) is 17.4. The summed E-state index contributed by atoms with van der Waals surface area (Å²) < 4.78 is 19.6. The molecule has 4 aromatic rings. The number of hydrogen-bond donors (Lipinski definition) is 1. The highest BCUT2D eigenvalue weighted by atomic mass is 16.6. The average molecular weight is 613 g/mol. The van der Waals surface area contributed by atoms with Crippen LogP contribution in [0.4, 0.5) is 5.82 Å². The number of phenolic OH excluding ortho intramolecular Hbond substituents is 1. The Hall–Kier alpha value is -4.21. The summed E-state index contributed by atoms with van der Waals surface area (Å²) in [5, 5.41) is 15.7. The second-order valence-corrected chi connectivity index (χ2v) is 13.0. The number of aromatic hydroxyl groups is 1. The number of methoxy groups -OCH3 is 1. The molecule has 45 heavy (non-hydrogen) atoms. The van der Waals surface area contributed by atoms with Crippen molar-refractivity contribution in [1.82, 2.24) is 14.6 Å². The van der Waals surface area contributed by atoms with Gasteiger partial charge in [0.2, 0.25) is 0 Å². The van der Waals surface area contributed by atoms with Gasteiger partial charge in [-0.1, -0.05) is 35.9 Å². The van der Waals surface area contributed by atoms with Crippen LogP contribution in [0.25, 0.3) is 28.0 Å². The lowest BCUT2D eigenvalue weighted by molar-refractivity contribution is -0.164. The van der Waals surface area contributed by atoms with E-state index >= 15 is 0 Å². The minimum Gasteiger partial charge on any atom is -0.507 e. The summed E-state index contributed by atoms with van der Waals surface area (Å²) in [6.07, 6.45) is 2.33. The van der Waals surface area contributed by atoms with Crippen LogP contribution in [0.1, 0.15) is 63.5 Å². The van der Waals surface area contributed by atoms with E-state index in [4.69, 9.17) is 24.3 Å². The van der Waals surface area contributed by atoms with Gasteiger partial charge in [0.15, 0.2) is 11.8 Å². The van der Waals surface area contributed by atoms with Gasteiger partial charge < -0.3 is 24.2 Å². The number of piperidine rings is 1. The zero-order valence-electron chi connectivity index (χ0n) is 27.4. The van der Waals surface area contributed by atoms with Gasteiger partial charge in [-0.15, -0.1) is 6.58 Å². The maximum Gasteiger partial charge on any atom is 0.339 e. The number of hydrogen-bond acceptors (Lipinski definition) is 8. The maximum atomic E-state index is 13.3. The minimum atomic E-state index is -1.01. The summed E-state index contributed by atoms with van der Waals surface area (Å²) in [5.41, 5.74) is 5.33. The van der Waals surface area contributed by atoms with Crippen molar-refractivity contribution in [2.24, 2.45) is 0 Å². The fourth-order valence-electron chi connectivity index (χ4n) is 5.88. The van der Waals surface area contributed by atoms with E-state index in [-0.39, 0.29) is 11.4 Å². The fraction of sp³-hybridized carbons (Fsp3) is 0.417. The predicted molar refractivity (Wildman–Crippen MR) is 177 cm³/mol. The molecule has 1 atom stereocenters. The molecule has 0 spiro atoms. The van der Waals surface area contributed by atoms with Gasteiger partial charge in [-0.2, -0.15) is 9.61 Å². The Morgan fingerprint density at radius 2 is 1.82 bits per heavy atom. The molecule has 9 heteroatoms. The van der Waals surface area contributed by atoms with Crippen molar-refractivity contribution in [3.05, 3.63) is 78.0 Å². The zero-order chi connectivity index (χ0) is 32.5. The van der Waals surface area contributed by atoms with Crippen molar-refractivity contribution in [1.29, 1.82) is 0 Å². The summed E-state index contributed by atoms with van der Waals surface area (Å²) in [4.78, 5) is 20.5. The molecule has 0 amide bonds. The lowest BCUT2D eigenvalue weighted by Gasteiger charge is -2.41. The average Bonchev–Trinajstić information content (AvgIpc) is 3.43. The van der Waals surface area contributed by atoms with E-state index in [1.54, 1.807) is 12.1 Å². The number of carbonyl (C=O) groups excluding carboxylic acids is 1. The van der Waals surface area contributed by atoms with Crippen LogP contribution in [-0.2, 0) is 19.0 Å². The van der Waals surface area contributed by atoms with E-state index in [2.05, 4.69) is 18.4 Å². The van der Waals surface area contributed by atoms with Crippen molar-refractivity contribution in [3.8, 4) is 28.1 Å². The Kier molecular flexibility index (Phi) is 9.05. The zero-order valence-corrected chi connectivity index (χ0v) is 27.4. The highest BCUT2D eigenvalue weighted by Crippen LogP contribution is 2.39. The van der Waals surface area contributed by atoms with Crippen LogP contribution in [-0.4, -0.2) is 63.7 Å². The Bertz CT molecular complexity index is 1710. The molecule has 238 valence electrons. The van der Waals surface area contributed by atoms with Gasteiger partial charge in [0.25, 0.3) is 0 Å². The first-order chi connectivity index (χ1) is 21.3. The van der Waals surface area contributed by atoms with Crippen LogP contribution in [0.2, 0.25) is 0 Å². The molecule has 5 rings (SSSR count). The van der Waals surface area contributed by atoms with Crippen LogP contribution in [0, 0.1) is 13.8 Å². The van der Waals surface area contributed by atoms with Crippen LogP contribution in [0.15, 0.2) is 61.2 Å². The molecule has 0 unspecified atom stereocenters. The normalized spacial score (nSPS) is 15.7. The molecule has 0 radical (unpaired) electrons. The quantitative estimate of drug-likeness (QED) is 0.160. The number of anilines is 1. The van der Waals surface area contributed by atoms with E-state index in [1.165, 1.54) is 7.11 Å². The highest BCUT2D eigenvalue weighted by molar-refractivity contribution is 5.81. The van der Waals surface area contributed by atoms with Gasteiger partial charge in [0.1, 0.15) is 11.6 Å². The molecule has 2 aromatic heterocycles. The smallest absolute Gasteiger partial charge is 0.339 e. The standard InChI is InChI=1S/C36H44N4O5/c1-9-19-44-36(7)15-17-39(18-16-36)33-31(32(34(42)43-8)45-35(4,5)6)24(3)37-30-22-28(38-40(30)33)26-12-10-11-25(21-26)27-20-23(2)13-14-29(27)41/h9-14,20-22,32,41H,1,15-19H2,2-8H3/t32-/m0/s1. The summed E-state index contributed by atoms with van der Waals surface area (Å²) >= 11 is 0. The van der Waals surface area contributed by atoms with E-state index in [0.29, 0.717) is 36.6 Å². The number of benzene rings is 2. The first-order valence-corrected chi connectivity index (χ1v) is 15.4. The number of rotatable bonds is 9. The second kappa shape index (κ2) is 12.7. The summed E-state index contributed by atoms with van der Waals surface area (Å²) in [5.74, 6) is 0.477. The molecule has 1 saturated heterocycles. The Balaban J connectivity index is 1.66.